The molecule has 8 nitrogen and oxygen atoms in total. The molecule has 0 aromatic heterocycles. The van der Waals surface area contributed by atoms with Crippen LogP contribution in [0.3, 0.4) is 0 Å². The number of anilines is 1. The van der Waals surface area contributed by atoms with Gasteiger partial charge in [-0.25, -0.2) is 8.42 Å². The van der Waals surface area contributed by atoms with Crippen LogP contribution in [0.25, 0.3) is 0 Å². The molecule has 0 saturated heterocycles. The zero-order chi connectivity index (χ0) is 20.9. The van der Waals surface area contributed by atoms with E-state index in [1.54, 1.807) is 18.2 Å². The van der Waals surface area contributed by atoms with Crippen molar-refractivity contribution in [1.29, 1.82) is 0 Å². The minimum atomic E-state index is -3.67. The standard InChI is InChI=1S/C20H24N2O6S/c1-15-4-3-5-17(12-15)26-9-8-21-20(23)14-22(29(2,24)25)16-6-7-18-19(13-16)28-11-10-27-18/h3-7,12-13H,8-11,14H2,1-2H3,(H,21,23). The van der Waals surface area contributed by atoms with E-state index in [0.717, 1.165) is 16.1 Å². The van der Waals surface area contributed by atoms with E-state index in [2.05, 4.69) is 5.32 Å². The van der Waals surface area contributed by atoms with Crippen molar-refractivity contribution in [3.63, 3.8) is 0 Å². The third kappa shape index (κ3) is 5.77. The second-order valence-electron chi connectivity index (χ2n) is 6.61. The highest BCUT2D eigenvalue weighted by Gasteiger charge is 2.23. The van der Waals surface area contributed by atoms with Gasteiger partial charge in [-0.05, 0) is 36.8 Å². The molecule has 0 aliphatic carbocycles. The van der Waals surface area contributed by atoms with Crippen molar-refractivity contribution >= 4 is 21.6 Å². The Balaban J connectivity index is 1.58. The fourth-order valence-corrected chi connectivity index (χ4v) is 3.69. The highest BCUT2D eigenvalue weighted by Crippen LogP contribution is 2.34. The summed E-state index contributed by atoms with van der Waals surface area (Å²) in [5, 5.41) is 2.68. The molecule has 0 saturated carbocycles. The first kappa shape index (κ1) is 20.8. The number of hydrogen-bond donors (Lipinski definition) is 1. The molecule has 1 aliphatic rings. The molecule has 1 heterocycles. The van der Waals surface area contributed by atoms with Crippen molar-refractivity contribution in [1.82, 2.24) is 5.32 Å². The number of nitrogens with one attached hydrogen (secondary N) is 1. The largest absolute Gasteiger partial charge is 0.492 e. The van der Waals surface area contributed by atoms with Crippen LogP contribution >= 0.6 is 0 Å². The van der Waals surface area contributed by atoms with Crippen LogP contribution in [0.5, 0.6) is 17.2 Å². The van der Waals surface area contributed by atoms with Crippen molar-refractivity contribution in [2.75, 3.05) is 43.5 Å². The van der Waals surface area contributed by atoms with Crippen LogP contribution in [0.4, 0.5) is 5.69 Å². The van der Waals surface area contributed by atoms with Crippen molar-refractivity contribution in [3.8, 4) is 17.2 Å². The zero-order valence-corrected chi connectivity index (χ0v) is 17.2. The van der Waals surface area contributed by atoms with Crippen molar-refractivity contribution in [3.05, 3.63) is 48.0 Å². The Morgan fingerprint density at radius 1 is 1.14 bits per heavy atom. The van der Waals surface area contributed by atoms with E-state index in [1.165, 1.54) is 0 Å². The quantitative estimate of drug-likeness (QED) is 0.654. The van der Waals surface area contributed by atoms with Gasteiger partial charge in [0, 0.05) is 6.07 Å². The molecule has 29 heavy (non-hydrogen) atoms. The Morgan fingerprint density at radius 2 is 1.90 bits per heavy atom. The van der Waals surface area contributed by atoms with E-state index in [-0.39, 0.29) is 19.7 Å². The van der Waals surface area contributed by atoms with Crippen LogP contribution in [-0.2, 0) is 14.8 Å². The van der Waals surface area contributed by atoms with E-state index in [4.69, 9.17) is 14.2 Å². The molecule has 2 aromatic carbocycles. The summed E-state index contributed by atoms with van der Waals surface area (Å²) in [5.41, 5.74) is 1.41. The average Bonchev–Trinajstić information content (AvgIpc) is 2.68. The number of nitrogens with zero attached hydrogens (tertiary/aromatic N) is 1. The van der Waals surface area contributed by atoms with Crippen LogP contribution < -0.4 is 23.8 Å². The van der Waals surface area contributed by atoms with Crippen LogP contribution in [-0.4, -0.2) is 53.5 Å². The maximum absolute atomic E-state index is 12.3. The molecule has 1 N–H and O–H groups in total. The van der Waals surface area contributed by atoms with Crippen molar-refractivity contribution in [2.45, 2.75) is 6.92 Å². The highest BCUT2D eigenvalue weighted by molar-refractivity contribution is 7.92. The SMILES string of the molecule is Cc1cccc(OCCNC(=O)CN(c2ccc3c(c2)OCCO3)S(C)(=O)=O)c1. The lowest BCUT2D eigenvalue weighted by molar-refractivity contribution is -0.119. The van der Waals surface area contributed by atoms with E-state index in [0.29, 0.717) is 36.1 Å². The van der Waals surface area contributed by atoms with Gasteiger partial charge in [0.25, 0.3) is 0 Å². The molecule has 0 spiro atoms. The Bertz CT molecular complexity index is 977. The molecular formula is C20H24N2O6S. The summed E-state index contributed by atoms with van der Waals surface area (Å²) in [4.78, 5) is 12.3. The number of aryl methyl sites for hydroxylation is 1. The summed E-state index contributed by atoms with van der Waals surface area (Å²) >= 11 is 0. The first-order valence-corrected chi connectivity index (χ1v) is 11.0. The number of rotatable bonds is 8. The lowest BCUT2D eigenvalue weighted by atomic mass is 10.2. The van der Waals surface area contributed by atoms with Gasteiger partial charge in [-0.15, -0.1) is 0 Å². The van der Waals surface area contributed by atoms with Crippen LogP contribution in [0, 0.1) is 6.92 Å². The summed E-state index contributed by atoms with van der Waals surface area (Å²) in [6.07, 6.45) is 1.05. The highest BCUT2D eigenvalue weighted by atomic mass is 32.2. The third-order valence-corrected chi connectivity index (χ3v) is 5.32. The van der Waals surface area contributed by atoms with Crippen LogP contribution in [0.1, 0.15) is 5.56 Å². The lowest BCUT2D eigenvalue weighted by Gasteiger charge is -2.24. The van der Waals surface area contributed by atoms with E-state index in [1.807, 2.05) is 31.2 Å². The molecule has 3 rings (SSSR count). The molecule has 0 radical (unpaired) electrons. The molecular weight excluding hydrogens is 396 g/mol. The normalized spacial score (nSPS) is 12.9. The summed E-state index contributed by atoms with van der Waals surface area (Å²) in [6, 6.07) is 12.4. The smallest absolute Gasteiger partial charge is 0.240 e. The van der Waals surface area contributed by atoms with Crippen LogP contribution in [0.2, 0.25) is 0 Å². The van der Waals surface area contributed by atoms with Crippen molar-refractivity contribution in [2.24, 2.45) is 0 Å². The van der Waals surface area contributed by atoms with Gasteiger partial charge in [0.15, 0.2) is 11.5 Å². The number of carbonyl (C=O) groups is 1. The first-order chi connectivity index (χ1) is 13.8. The Labute approximate surface area is 170 Å². The molecule has 0 unspecified atom stereocenters. The molecule has 1 aliphatic heterocycles. The van der Waals surface area contributed by atoms with E-state index >= 15 is 0 Å². The number of sulfonamides is 1. The van der Waals surface area contributed by atoms with Gasteiger partial charge < -0.3 is 19.5 Å². The number of hydrogen-bond acceptors (Lipinski definition) is 6. The number of fused-ring (bicyclic) bond motifs is 1. The summed E-state index contributed by atoms with van der Waals surface area (Å²) in [5.74, 6) is 1.28. The number of ether oxygens (including phenoxy) is 3. The lowest BCUT2D eigenvalue weighted by Crippen LogP contribution is -2.41. The molecule has 9 heteroatoms. The fourth-order valence-electron chi connectivity index (χ4n) is 2.84. The summed E-state index contributed by atoms with van der Waals surface area (Å²) < 4.78 is 42.0. The molecule has 0 bridgehead atoms. The molecule has 1 amide bonds. The van der Waals surface area contributed by atoms with Gasteiger partial charge in [-0.2, -0.15) is 0 Å². The third-order valence-electron chi connectivity index (χ3n) is 4.18. The van der Waals surface area contributed by atoms with Gasteiger partial charge in [0.05, 0.1) is 18.5 Å². The van der Waals surface area contributed by atoms with Crippen LogP contribution in [0.15, 0.2) is 42.5 Å². The minimum Gasteiger partial charge on any atom is -0.492 e. The maximum Gasteiger partial charge on any atom is 0.240 e. The van der Waals surface area contributed by atoms with Gasteiger partial charge in [0.1, 0.15) is 32.1 Å². The number of benzene rings is 2. The fraction of sp³-hybridized carbons (Fsp3) is 0.350. The monoisotopic (exact) mass is 420 g/mol. The van der Waals surface area contributed by atoms with E-state index < -0.39 is 15.9 Å². The van der Waals surface area contributed by atoms with E-state index in [9.17, 15) is 13.2 Å². The molecule has 0 atom stereocenters. The number of amides is 1. The van der Waals surface area contributed by atoms with Gasteiger partial charge in [-0.3, -0.25) is 9.10 Å². The summed E-state index contributed by atoms with van der Waals surface area (Å²) in [6.45, 7) is 2.98. The molecule has 156 valence electrons. The summed E-state index contributed by atoms with van der Waals surface area (Å²) in [7, 11) is -3.67. The molecule has 2 aromatic rings. The predicted molar refractivity (Wildman–Crippen MR) is 109 cm³/mol. The predicted octanol–water partition coefficient (Wildman–Crippen LogP) is 1.73. The maximum atomic E-state index is 12.3. The Kier molecular flexibility index (Phi) is 6.48. The Hall–Kier alpha value is -2.94. The Morgan fingerprint density at radius 3 is 2.62 bits per heavy atom. The van der Waals surface area contributed by atoms with Gasteiger partial charge >= 0.3 is 0 Å². The topological polar surface area (TPSA) is 94.2 Å². The van der Waals surface area contributed by atoms with Gasteiger partial charge in [0.2, 0.25) is 15.9 Å². The first-order valence-electron chi connectivity index (χ1n) is 9.16. The van der Waals surface area contributed by atoms with Gasteiger partial charge in [-0.1, -0.05) is 12.1 Å². The second-order valence-corrected chi connectivity index (χ2v) is 8.52. The van der Waals surface area contributed by atoms with Crippen molar-refractivity contribution < 1.29 is 27.4 Å². The minimum absolute atomic E-state index is 0.255. The number of carbonyl (C=O) groups excluding carboxylic acids is 1. The molecule has 0 fully saturated rings. The second kappa shape index (κ2) is 9.04. The average molecular weight is 420 g/mol. The zero-order valence-electron chi connectivity index (χ0n) is 16.4.